The van der Waals surface area contributed by atoms with Crippen LogP contribution in [0.25, 0.3) is 0 Å². The van der Waals surface area contributed by atoms with E-state index in [1.165, 1.54) is 25.5 Å². The minimum Gasteiger partial charge on any atom is -0.480 e. The first-order valence-corrected chi connectivity index (χ1v) is 9.63. The van der Waals surface area contributed by atoms with Gasteiger partial charge in [0, 0.05) is 18.7 Å². The van der Waals surface area contributed by atoms with Crippen LogP contribution < -0.4 is 15.4 Å². The Morgan fingerprint density at radius 3 is 2.68 bits per heavy atom. The lowest BCUT2D eigenvalue weighted by Crippen LogP contribution is -2.37. The topological polar surface area (TPSA) is 107 Å². The lowest BCUT2D eigenvalue weighted by Gasteiger charge is -2.13. The highest BCUT2D eigenvalue weighted by atomic mass is 16.5. The van der Waals surface area contributed by atoms with Gasteiger partial charge in [-0.3, -0.25) is 9.59 Å². The summed E-state index contributed by atoms with van der Waals surface area (Å²) in [5.41, 5.74) is 2.21. The molecule has 31 heavy (non-hydrogen) atoms. The van der Waals surface area contributed by atoms with Crippen LogP contribution in [0.3, 0.4) is 0 Å². The first kappa shape index (κ1) is 20.2. The third-order valence-electron chi connectivity index (χ3n) is 4.82. The Hall–Kier alpha value is -4.07. The number of benzene rings is 2. The summed E-state index contributed by atoms with van der Waals surface area (Å²) in [6.45, 7) is 0.142. The largest absolute Gasteiger partial charge is 0.480 e. The minimum atomic E-state index is -0.612. The van der Waals surface area contributed by atoms with Gasteiger partial charge >= 0.3 is 5.97 Å². The van der Waals surface area contributed by atoms with Gasteiger partial charge < -0.3 is 24.5 Å². The molecule has 1 aliphatic heterocycles. The molecule has 0 saturated carbocycles. The van der Waals surface area contributed by atoms with Crippen molar-refractivity contribution in [1.82, 2.24) is 5.32 Å². The highest BCUT2D eigenvalue weighted by Crippen LogP contribution is 2.28. The summed E-state index contributed by atoms with van der Waals surface area (Å²) in [7, 11) is 1.27. The predicted molar refractivity (Wildman–Crippen MR) is 111 cm³/mol. The van der Waals surface area contributed by atoms with Gasteiger partial charge in [-0.1, -0.05) is 18.2 Å². The molecular formula is C23H20N2O6. The van der Waals surface area contributed by atoms with E-state index in [0.29, 0.717) is 23.4 Å². The summed E-state index contributed by atoms with van der Waals surface area (Å²) in [5, 5.41) is 5.50. The zero-order valence-electron chi connectivity index (χ0n) is 16.7. The van der Waals surface area contributed by atoms with Crippen molar-refractivity contribution in [3.63, 3.8) is 0 Å². The van der Waals surface area contributed by atoms with Crippen LogP contribution in [0, 0.1) is 0 Å². The van der Waals surface area contributed by atoms with Crippen LogP contribution in [0.4, 0.5) is 5.69 Å². The van der Waals surface area contributed by atoms with Crippen molar-refractivity contribution in [3.05, 3.63) is 83.3 Å². The number of furan rings is 1. The molecule has 0 radical (unpaired) electrons. The molecular weight excluding hydrogens is 400 g/mol. The van der Waals surface area contributed by atoms with Gasteiger partial charge in [-0.25, -0.2) is 4.79 Å². The zero-order chi connectivity index (χ0) is 21.8. The quantitative estimate of drug-likeness (QED) is 0.594. The number of nitrogens with one attached hydrogen (secondary N) is 2. The first-order valence-electron chi connectivity index (χ1n) is 9.63. The second-order valence-corrected chi connectivity index (χ2v) is 6.98. The Bertz CT molecular complexity index is 1100. The molecule has 1 atom stereocenters. The van der Waals surface area contributed by atoms with E-state index in [9.17, 15) is 14.4 Å². The van der Waals surface area contributed by atoms with Crippen LogP contribution in [0.2, 0.25) is 0 Å². The lowest BCUT2D eigenvalue weighted by atomic mass is 10.1. The summed E-state index contributed by atoms with van der Waals surface area (Å²) in [6, 6.07) is 15.4. The molecule has 158 valence electrons. The third kappa shape index (κ3) is 4.58. The summed E-state index contributed by atoms with van der Waals surface area (Å²) >= 11 is 0. The van der Waals surface area contributed by atoms with Gasteiger partial charge in [-0.2, -0.15) is 0 Å². The number of esters is 1. The molecule has 1 aromatic heterocycles. The van der Waals surface area contributed by atoms with E-state index in [1.807, 2.05) is 24.3 Å². The maximum Gasteiger partial charge on any atom is 0.337 e. The average Bonchev–Trinajstić information content (AvgIpc) is 3.46. The molecule has 0 fully saturated rings. The number of methoxy groups -OCH3 is 1. The fourth-order valence-corrected chi connectivity index (χ4v) is 3.33. The SMILES string of the molecule is COC(=O)c1cc(CNC(=O)C2Cc3ccccc3O2)cc(NC(=O)c2ccco2)c1. The Labute approximate surface area is 178 Å². The fourth-order valence-electron chi connectivity index (χ4n) is 3.33. The van der Waals surface area contributed by atoms with E-state index >= 15 is 0 Å². The molecule has 3 aromatic rings. The van der Waals surface area contributed by atoms with E-state index in [2.05, 4.69) is 10.6 Å². The molecule has 4 rings (SSSR count). The maximum atomic E-state index is 12.6. The molecule has 0 bridgehead atoms. The van der Waals surface area contributed by atoms with Gasteiger partial charge in [-0.05, 0) is 47.5 Å². The molecule has 0 saturated heterocycles. The number of hydrogen-bond donors (Lipinski definition) is 2. The lowest BCUT2D eigenvalue weighted by molar-refractivity contribution is -0.127. The molecule has 2 aromatic carbocycles. The number of rotatable bonds is 6. The van der Waals surface area contributed by atoms with Gasteiger partial charge in [0.25, 0.3) is 11.8 Å². The number of fused-ring (bicyclic) bond motifs is 1. The summed E-state index contributed by atoms with van der Waals surface area (Å²) in [6.07, 6.45) is 1.28. The van der Waals surface area contributed by atoms with Crippen LogP contribution in [0.15, 0.2) is 65.3 Å². The van der Waals surface area contributed by atoms with E-state index in [1.54, 1.807) is 18.2 Å². The molecule has 2 heterocycles. The molecule has 0 spiro atoms. The molecule has 8 nitrogen and oxygen atoms in total. The number of para-hydroxylation sites is 1. The highest BCUT2D eigenvalue weighted by molar-refractivity contribution is 6.03. The Morgan fingerprint density at radius 2 is 1.94 bits per heavy atom. The second kappa shape index (κ2) is 8.74. The number of hydrogen-bond acceptors (Lipinski definition) is 6. The van der Waals surface area contributed by atoms with E-state index in [0.717, 1.165) is 5.56 Å². The van der Waals surface area contributed by atoms with Crippen molar-refractivity contribution in [1.29, 1.82) is 0 Å². The van der Waals surface area contributed by atoms with Crippen molar-refractivity contribution < 1.29 is 28.3 Å². The van der Waals surface area contributed by atoms with Crippen molar-refractivity contribution in [2.75, 3.05) is 12.4 Å². The van der Waals surface area contributed by atoms with Crippen LogP contribution in [-0.4, -0.2) is 31.0 Å². The Balaban J connectivity index is 1.46. The maximum absolute atomic E-state index is 12.6. The first-order chi connectivity index (χ1) is 15.0. The summed E-state index contributed by atoms with van der Waals surface area (Å²) < 4.78 is 15.6. The van der Waals surface area contributed by atoms with Crippen LogP contribution in [0.1, 0.15) is 32.0 Å². The van der Waals surface area contributed by atoms with Gasteiger partial charge in [0.2, 0.25) is 0 Å². The Morgan fingerprint density at radius 1 is 1.10 bits per heavy atom. The van der Waals surface area contributed by atoms with Crippen LogP contribution >= 0.6 is 0 Å². The molecule has 2 N–H and O–H groups in total. The molecule has 1 unspecified atom stereocenters. The number of anilines is 1. The van der Waals surface area contributed by atoms with Gasteiger partial charge in [0.05, 0.1) is 18.9 Å². The number of amides is 2. The monoisotopic (exact) mass is 420 g/mol. The van der Waals surface area contributed by atoms with Crippen LogP contribution in [0.5, 0.6) is 5.75 Å². The number of ether oxygens (including phenoxy) is 2. The number of carbonyl (C=O) groups excluding carboxylic acids is 3. The molecule has 1 aliphatic rings. The minimum absolute atomic E-state index is 0.135. The van der Waals surface area contributed by atoms with Crippen molar-refractivity contribution >= 4 is 23.5 Å². The second-order valence-electron chi connectivity index (χ2n) is 6.98. The van der Waals surface area contributed by atoms with E-state index < -0.39 is 18.0 Å². The third-order valence-corrected chi connectivity index (χ3v) is 4.82. The normalized spacial score (nSPS) is 14.3. The average molecular weight is 420 g/mol. The smallest absolute Gasteiger partial charge is 0.337 e. The van der Waals surface area contributed by atoms with Gasteiger partial charge in [-0.15, -0.1) is 0 Å². The van der Waals surface area contributed by atoms with Gasteiger partial charge in [0.1, 0.15) is 5.75 Å². The molecule has 0 aliphatic carbocycles. The molecule has 2 amide bonds. The predicted octanol–water partition coefficient (Wildman–Crippen LogP) is 2.94. The summed E-state index contributed by atoms with van der Waals surface area (Å²) in [5.74, 6) is -0.439. The van der Waals surface area contributed by atoms with E-state index in [4.69, 9.17) is 13.9 Å². The van der Waals surface area contributed by atoms with Crippen molar-refractivity contribution in [2.45, 2.75) is 19.1 Å². The van der Waals surface area contributed by atoms with Crippen molar-refractivity contribution in [3.8, 4) is 5.75 Å². The van der Waals surface area contributed by atoms with Gasteiger partial charge in [0.15, 0.2) is 11.9 Å². The van der Waals surface area contributed by atoms with Crippen LogP contribution in [-0.2, 0) is 22.5 Å². The summed E-state index contributed by atoms with van der Waals surface area (Å²) in [4.78, 5) is 36.9. The highest BCUT2D eigenvalue weighted by Gasteiger charge is 2.28. The standard InChI is InChI=1S/C23H20N2O6/c1-29-23(28)16-9-14(10-17(11-16)25-22(27)19-7-4-8-30-19)13-24-21(26)20-12-15-5-2-3-6-18(15)31-20/h2-11,20H,12-13H2,1H3,(H,24,26)(H,25,27). The van der Waals surface area contributed by atoms with E-state index in [-0.39, 0.29) is 23.8 Å². The Kier molecular flexibility index (Phi) is 5.70. The fraction of sp³-hybridized carbons (Fsp3) is 0.174. The number of carbonyl (C=O) groups is 3. The zero-order valence-corrected chi connectivity index (χ0v) is 16.7. The van der Waals surface area contributed by atoms with Crippen molar-refractivity contribution in [2.24, 2.45) is 0 Å². The molecule has 8 heteroatoms.